The van der Waals surface area contributed by atoms with Gasteiger partial charge in [0, 0.05) is 18.5 Å². The van der Waals surface area contributed by atoms with Crippen molar-refractivity contribution in [3.05, 3.63) is 47.8 Å². The Kier molecular flexibility index (Phi) is 4.83. The fourth-order valence-corrected chi connectivity index (χ4v) is 4.53. The van der Waals surface area contributed by atoms with E-state index in [1.807, 2.05) is 16.6 Å². The summed E-state index contributed by atoms with van der Waals surface area (Å²) in [4.78, 5) is 2.47. The van der Waals surface area contributed by atoms with Crippen molar-refractivity contribution in [1.29, 1.82) is 0 Å². The average Bonchev–Trinajstić information content (AvgIpc) is 3.51. The molecule has 0 bridgehead atoms. The molecule has 0 radical (unpaired) electrons. The third-order valence-electron chi connectivity index (χ3n) is 6.24. The molecule has 7 heteroatoms. The molecule has 1 saturated heterocycles. The molecular weight excluding hydrogens is 364 g/mol. The summed E-state index contributed by atoms with van der Waals surface area (Å²) in [6.45, 7) is 2.02. The molecule has 1 aromatic carbocycles. The maximum absolute atomic E-state index is 5.33. The molecule has 5 rings (SSSR count). The number of nitrogens with one attached hydrogen (secondary N) is 1. The molecule has 3 aromatic rings. The summed E-state index contributed by atoms with van der Waals surface area (Å²) >= 11 is 0. The van der Waals surface area contributed by atoms with E-state index in [0.717, 1.165) is 36.1 Å². The summed E-state index contributed by atoms with van der Waals surface area (Å²) in [6.07, 6.45) is 4.81. The predicted molar refractivity (Wildman–Crippen MR) is 112 cm³/mol. The van der Waals surface area contributed by atoms with E-state index in [4.69, 9.17) is 9.84 Å². The summed E-state index contributed by atoms with van der Waals surface area (Å²) in [5, 5.41) is 16.9. The minimum absolute atomic E-state index is 0.392. The maximum atomic E-state index is 5.33. The van der Waals surface area contributed by atoms with E-state index in [-0.39, 0.29) is 0 Å². The molecule has 1 saturated carbocycles. The number of benzene rings is 1. The Labute approximate surface area is 171 Å². The van der Waals surface area contributed by atoms with Gasteiger partial charge in [0.2, 0.25) is 0 Å². The normalized spacial score (nSPS) is 22.7. The third kappa shape index (κ3) is 3.67. The molecule has 2 fully saturated rings. The van der Waals surface area contributed by atoms with Gasteiger partial charge >= 0.3 is 0 Å². The number of anilines is 1. The van der Waals surface area contributed by atoms with E-state index in [0.29, 0.717) is 17.9 Å². The van der Waals surface area contributed by atoms with Crippen LogP contribution in [0.1, 0.15) is 49.0 Å². The molecule has 152 valence electrons. The van der Waals surface area contributed by atoms with Gasteiger partial charge in [0.25, 0.3) is 0 Å². The molecule has 1 aliphatic heterocycles. The fraction of sp³-hybridized carbons (Fsp3) is 0.500. The van der Waals surface area contributed by atoms with Crippen LogP contribution in [-0.4, -0.2) is 52.0 Å². The van der Waals surface area contributed by atoms with Crippen molar-refractivity contribution < 1.29 is 4.74 Å². The number of hydrogen-bond donors (Lipinski definition) is 1. The first kappa shape index (κ1) is 18.4. The van der Waals surface area contributed by atoms with Gasteiger partial charge in [-0.1, -0.05) is 12.1 Å². The minimum atomic E-state index is 0.392. The maximum Gasteiger partial charge on any atom is 0.178 e. The Hall–Kier alpha value is -2.67. The summed E-state index contributed by atoms with van der Waals surface area (Å²) in [6, 6.07) is 12.9. The zero-order chi connectivity index (χ0) is 19.8. The Balaban J connectivity index is 1.33. The van der Waals surface area contributed by atoms with Crippen molar-refractivity contribution in [1.82, 2.24) is 24.7 Å². The lowest BCUT2D eigenvalue weighted by Crippen LogP contribution is -2.39. The lowest BCUT2D eigenvalue weighted by Gasteiger charge is -2.39. The molecule has 2 unspecified atom stereocenters. The Morgan fingerprint density at radius 3 is 2.66 bits per heavy atom. The van der Waals surface area contributed by atoms with Crippen LogP contribution in [0.4, 0.5) is 5.82 Å². The highest BCUT2D eigenvalue weighted by Gasteiger charge is 2.31. The van der Waals surface area contributed by atoms with Gasteiger partial charge in [-0.15, -0.1) is 15.3 Å². The molecule has 2 atom stereocenters. The second-order valence-corrected chi connectivity index (χ2v) is 8.30. The van der Waals surface area contributed by atoms with E-state index >= 15 is 0 Å². The topological polar surface area (TPSA) is 67.6 Å². The molecule has 3 heterocycles. The van der Waals surface area contributed by atoms with Gasteiger partial charge in [-0.2, -0.15) is 4.52 Å². The van der Waals surface area contributed by atoms with E-state index in [1.165, 1.54) is 31.2 Å². The molecule has 1 N–H and O–H groups in total. The van der Waals surface area contributed by atoms with Crippen LogP contribution in [0.15, 0.2) is 36.4 Å². The molecule has 1 aliphatic carbocycles. The van der Waals surface area contributed by atoms with Gasteiger partial charge in [0.15, 0.2) is 11.5 Å². The van der Waals surface area contributed by atoms with Crippen molar-refractivity contribution in [3.8, 4) is 5.75 Å². The molecule has 2 aliphatic rings. The number of likely N-dealkylation sites (tertiary alicyclic amines) is 1. The van der Waals surface area contributed by atoms with Crippen molar-refractivity contribution in [2.24, 2.45) is 5.92 Å². The van der Waals surface area contributed by atoms with Crippen LogP contribution in [0.25, 0.3) is 5.65 Å². The number of aromatic nitrogens is 4. The van der Waals surface area contributed by atoms with Crippen LogP contribution in [0, 0.1) is 5.92 Å². The number of hydrogen-bond acceptors (Lipinski definition) is 6. The Bertz CT molecular complexity index is 981. The highest BCUT2D eigenvalue weighted by molar-refractivity contribution is 5.44. The van der Waals surface area contributed by atoms with Crippen molar-refractivity contribution in [2.75, 3.05) is 32.6 Å². The highest BCUT2D eigenvalue weighted by Crippen LogP contribution is 2.39. The fourth-order valence-electron chi connectivity index (χ4n) is 4.53. The second-order valence-electron chi connectivity index (χ2n) is 8.30. The van der Waals surface area contributed by atoms with Gasteiger partial charge in [0.1, 0.15) is 11.6 Å². The van der Waals surface area contributed by atoms with Crippen molar-refractivity contribution >= 4 is 11.5 Å². The average molecular weight is 393 g/mol. The minimum Gasteiger partial charge on any atom is -0.497 e. The number of piperidine rings is 1. The number of methoxy groups -OCH3 is 1. The molecule has 2 aromatic heterocycles. The van der Waals surface area contributed by atoms with Crippen molar-refractivity contribution in [2.45, 2.75) is 37.6 Å². The largest absolute Gasteiger partial charge is 0.497 e. The zero-order valence-electron chi connectivity index (χ0n) is 17.1. The first-order valence-corrected chi connectivity index (χ1v) is 10.5. The highest BCUT2D eigenvalue weighted by atomic mass is 16.5. The smallest absolute Gasteiger partial charge is 0.178 e. The SMILES string of the molecule is COc1ccc(C2C(CNc3ccc4nnc(C5CC5)n4n3)CCCN2C)cc1. The van der Waals surface area contributed by atoms with Crippen LogP contribution in [0.5, 0.6) is 5.75 Å². The van der Waals surface area contributed by atoms with Crippen molar-refractivity contribution in [3.63, 3.8) is 0 Å². The van der Waals surface area contributed by atoms with Crippen LogP contribution < -0.4 is 10.1 Å². The van der Waals surface area contributed by atoms with E-state index in [2.05, 4.69) is 51.7 Å². The predicted octanol–water partition coefficient (Wildman–Crippen LogP) is 3.51. The summed E-state index contributed by atoms with van der Waals surface area (Å²) in [7, 11) is 3.94. The monoisotopic (exact) mass is 392 g/mol. The van der Waals surface area contributed by atoms with E-state index in [9.17, 15) is 0 Å². The van der Waals surface area contributed by atoms with Crippen LogP contribution >= 0.6 is 0 Å². The van der Waals surface area contributed by atoms with E-state index in [1.54, 1.807) is 7.11 Å². The first-order valence-electron chi connectivity index (χ1n) is 10.5. The zero-order valence-corrected chi connectivity index (χ0v) is 17.1. The van der Waals surface area contributed by atoms with Gasteiger partial charge in [-0.3, -0.25) is 4.90 Å². The molecule has 0 spiro atoms. The number of rotatable bonds is 6. The summed E-state index contributed by atoms with van der Waals surface area (Å²) in [5.74, 6) is 3.83. The quantitative estimate of drug-likeness (QED) is 0.692. The van der Waals surface area contributed by atoms with Gasteiger partial charge in [0.05, 0.1) is 7.11 Å². The van der Waals surface area contributed by atoms with Gasteiger partial charge < -0.3 is 10.1 Å². The number of fused-ring (bicyclic) bond motifs is 1. The lowest BCUT2D eigenvalue weighted by atomic mass is 9.85. The molecular formula is C22H28N6O. The lowest BCUT2D eigenvalue weighted by molar-refractivity contribution is 0.128. The van der Waals surface area contributed by atoms with E-state index < -0.39 is 0 Å². The molecule has 7 nitrogen and oxygen atoms in total. The first-order chi connectivity index (χ1) is 14.2. The molecule has 29 heavy (non-hydrogen) atoms. The number of ether oxygens (including phenoxy) is 1. The van der Waals surface area contributed by atoms with Crippen LogP contribution in [-0.2, 0) is 0 Å². The Morgan fingerprint density at radius 1 is 1.07 bits per heavy atom. The summed E-state index contributed by atoms with van der Waals surface area (Å²) in [5.41, 5.74) is 2.17. The number of nitrogens with zero attached hydrogens (tertiary/aromatic N) is 5. The van der Waals surface area contributed by atoms with Gasteiger partial charge in [-0.25, -0.2) is 0 Å². The third-order valence-corrected chi connectivity index (χ3v) is 6.24. The second kappa shape index (κ2) is 7.63. The Morgan fingerprint density at radius 2 is 1.90 bits per heavy atom. The standard InChI is InChI=1S/C22H28N6O/c1-27-13-3-4-17(21(27)15-7-9-18(29-2)10-8-15)14-23-19-11-12-20-24-25-22(16-5-6-16)28(20)26-19/h7-12,16-17,21H,3-6,13-14H2,1-2H3,(H,23,26). The summed E-state index contributed by atoms with van der Waals surface area (Å²) < 4.78 is 7.24. The molecule has 0 amide bonds. The van der Waals surface area contributed by atoms with Crippen LogP contribution in [0.3, 0.4) is 0 Å². The van der Waals surface area contributed by atoms with Gasteiger partial charge in [-0.05, 0) is 75.0 Å². The van der Waals surface area contributed by atoms with Crippen LogP contribution in [0.2, 0.25) is 0 Å².